The van der Waals surface area contributed by atoms with Gasteiger partial charge in [-0.25, -0.2) is 4.79 Å². The lowest BCUT2D eigenvalue weighted by Gasteiger charge is -2.35. The summed E-state index contributed by atoms with van der Waals surface area (Å²) in [6.07, 6.45) is 0. The molecule has 7 nitrogen and oxygen atoms in total. The van der Waals surface area contributed by atoms with Crippen molar-refractivity contribution >= 4 is 11.0 Å². The summed E-state index contributed by atoms with van der Waals surface area (Å²) in [7, 11) is 3.35. The summed E-state index contributed by atoms with van der Waals surface area (Å²) >= 11 is 0. The quantitative estimate of drug-likeness (QED) is 0.609. The van der Waals surface area contributed by atoms with Crippen LogP contribution in [0.2, 0.25) is 0 Å². The van der Waals surface area contributed by atoms with E-state index in [1.807, 2.05) is 24.3 Å². The third-order valence-electron chi connectivity index (χ3n) is 5.96. The molecule has 7 heteroatoms. The number of phenolic OH excluding ortho intramolecular Hbond substituents is 1. The SMILES string of the molecule is COc1ccc(OC)c(CN2CCN(Cc3cc(=O)oc4c(C)c(O)ccc34)CC2)c1. The number of benzene rings is 2. The van der Waals surface area contributed by atoms with Gasteiger partial charge in [-0.3, -0.25) is 9.80 Å². The monoisotopic (exact) mass is 424 g/mol. The van der Waals surface area contributed by atoms with Gasteiger partial charge >= 0.3 is 5.63 Å². The third kappa shape index (κ3) is 4.52. The van der Waals surface area contributed by atoms with Crippen LogP contribution in [0, 0.1) is 6.92 Å². The van der Waals surface area contributed by atoms with E-state index < -0.39 is 0 Å². The van der Waals surface area contributed by atoms with Gasteiger partial charge in [0.1, 0.15) is 22.8 Å². The summed E-state index contributed by atoms with van der Waals surface area (Å²) in [5, 5.41) is 10.8. The highest BCUT2D eigenvalue weighted by atomic mass is 16.5. The molecule has 1 aliphatic heterocycles. The van der Waals surface area contributed by atoms with Crippen LogP contribution in [-0.2, 0) is 13.1 Å². The first kappa shape index (κ1) is 21.2. The van der Waals surface area contributed by atoms with Crippen molar-refractivity contribution in [2.24, 2.45) is 0 Å². The fourth-order valence-electron chi connectivity index (χ4n) is 4.14. The van der Waals surface area contributed by atoms with E-state index in [1.165, 1.54) is 0 Å². The van der Waals surface area contributed by atoms with Crippen LogP contribution in [0.1, 0.15) is 16.7 Å². The zero-order chi connectivity index (χ0) is 22.0. The lowest BCUT2D eigenvalue weighted by atomic mass is 10.1. The molecule has 3 aromatic rings. The molecule has 0 aliphatic carbocycles. The highest BCUT2D eigenvalue weighted by molar-refractivity contribution is 5.84. The minimum atomic E-state index is -0.389. The molecule has 31 heavy (non-hydrogen) atoms. The molecule has 1 saturated heterocycles. The van der Waals surface area contributed by atoms with Gasteiger partial charge in [-0.05, 0) is 42.8 Å². The number of rotatable bonds is 6. The Balaban J connectivity index is 1.45. The summed E-state index contributed by atoms with van der Waals surface area (Å²) < 4.78 is 16.2. The van der Waals surface area contributed by atoms with Gasteiger partial charge in [-0.1, -0.05) is 0 Å². The predicted molar refractivity (Wildman–Crippen MR) is 119 cm³/mol. The predicted octanol–water partition coefficient (Wildman–Crippen LogP) is 3.14. The molecule has 4 rings (SSSR count). The van der Waals surface area contributed by atoms with Crippen molar-refractivity contribution in [1.29, 1.82) is 0 Å². The number of nitrogens with zero attached hydrogens (tertiary/aromatic N) is 2. The molecule has 164 valence electrons. The number of aromatic hydroxyl groups is 1. The molecule has 0 unspecified atom stereocenters. The number of hydrogen-bond donors (Lipinski definition) is 1. The molecule has 1 aromatic heterocycles. The van der Waals surface area contributed by atoms with E-state index in [2.05, 4.69) is 9.80 Å². The molecule has 0 radical (unpaired) electrons. The first-order valence-electron chi connectivity index (χ1n) is 10.4. The lowest BCUT2D eigenvalue weighted by molar-refractivity contribution is 0.121. The third-order valence-corrected chi connectivity index (χ3v) is 5.96. The van der Waals surface area contributed by atoms with E-state index in [1.54, 1.807) is 33.3 Å². The summed E-state index contributed by atoms with van der Waals surface area (Å²) in [5.74, 6) is 1.82. The topological polar surface area (TPSA) is 75.4 Å². The van der Waals surface area contributed by atoms with E-state index in [0.717, 1.165) is 60.7 Å². The molecule has 1 aliphatic rings. The number of hydrogen-bond acceptors (Lipinski definition) is 7. The Hall–Kier alpha value is -3.03. The first-order valence-corrected chi connectivity index (χ1v) is 10.4. The van der Waals surface area contributed by atoms with E-state index >= 15 is 0 Å². The molecular formula is C24H28N2O5. The number of piperazine rings is 1. The van der Waals surface area contributed by atoms with Crippen LogP contribution in [0.4, 0.5) is 0 Å². The fourth-order valence-corrected chi connectivity index (χ4v) is 4.14. The van der Waals surface area contributed by atoms with Gasteiger partial charge in [0.15, 0.2) is 0 Å². The van der Waals surface area contributed by atoms with E-state index in [-0.39, 0.29) is 11.4 Å². The van der Waals surface area contributed by atoms with Gasteiger partial charge < -0.3 is 19.0 Å². The van der Waals surface area contributed by atoms with Crippen molar-refractivity contribution < 1.29 is 19.0 Å². The van der Waals surface area contributed by atoms with Crippen LogP contribution < -0.4 is 15.1 Å². The molecule has 0 amide bonds. The molecule has 0 bridgehead atoms. The van der Waals surface area contributed by atoms with Gasteiger partial charge in [0.05, 0.1) is 14.2 Å². The molecular weight excluding hydrogens is 396 g/mol. The maximum atomic E-state index is 12.1. The van der Waals surface area contributed by atoms with E-state index in [9.17, 15) is 9.90 Å². The summed E-state index contributed by atoms with van der Waals surface area (Å²) in [4.78, 5) is 16.8. The molecule has 0 spiro atoms. The maximum Gasteiger partial charge on any atom is 0.336 e. The van der Waals surface area contributed by atoms with Crippen LogP contribution in [0.5, 0.6) is 17.2 Å². The van der Waals surface area contributed by atoms with Gasteiger partial charge in [0.2, 0.25) is 0 Å². The Labute approximate surface area is 181 Å². The standard InChI is InChI=1S/C24H28N2O5/c1-16-21(27)6-5-20-17(13-23(28)31-24(16)20)14-25-8-10-26(11-9-25)15-18-12-19(29-2)4-7-22(18)30-3/h4-7,12-13,27H,8-11,14-15H2,1-3H3. The second-order valence-corrected chi connectivity index (χ2v) is 7.91. The van der Waals surface area contributed by atoms with Crippen molar-refractivity contribution in [3.8, 4) is 17.2 Å². The molecule has 2 aromatic carbocycles. The molecule has 2 heterocycles. The molecule has 1 N–H and O–H groups in total. The minimum Gasteiger partial charge on any atom is -0.508 e. The van der Waals surface area contributed by atoms with Gasteiger partial charge in [-0.2, -0.15) is 0 Å². The second-order valence-electron chi connectivity index (χ2n) is 7.91. The molecule has 0 atom stereocenters. The second kappa shape index (κ2) is 8.99. The Morgan fingerprint density at radius 2 is 1.61 bits per heavy atom. The van der Waals surface area contributed by atoms with Crippen molar-refractivity contribution in [3.63, 3.8) is 0 Å². The lowest BCUT2D eigenvalue weighted by Crippen LogP contribution is -2.45. The number of aryl methyl sites for hydroxylation is 1. The van der Waals surface area contributed by atoms with Crippen LogP contribution >= 0.6 is 0 Å². The van der Waals surface area contributed by atoms with E-state index in [4.69, 9.17) is 13.9 Å². The maximum absolute atomic E-state index is 12.1. The summed E-state index contributed by atoms with van der Waals surface area (Å²) in [6.45, 7) is 6.85. The highest BCUT2D eigenvalue weighted by Crippen LogP contribution is 2.29. The summed E-state index contributed by atoms with van der Waals surface area (Å²) in [5.41, 5.74) is 2.70. The van der Waals surface area contributed by atoms with Crippen LogP contribution in [-0.4, -0.2) is 55.3 Å². The van der Waals surface area contributed by atoms with Gasteiger partial charge in [-0.15, -0.1) is 0 Å². The number of ether oxygens (including phenoxy) is 2. The van der Waals surface area contributed by atoms with Crippen molar-refractivity contribution in [3.05, 3.63) is 63.5 Å². The van der Waals surface area contributed by atoms with Gasteiger partial charge in [0, 0.05) is 61.8 Å². The van der Waals surface area contributed by atoms with Crippen LogP contribution in [0.3, 0.4) is 0 Å². The zero-order valence-electron chi connectivity index (χ0n) is 18.2. The van der Waals surface area contributed by atoms with Crippen molar-refractivity contribution in [1.82, 2.24) is 9.80 Å². The largest absolute Gasteiger partial charge is 0.508 e. The average molecular weight is 424 g/mol. The number of fused-ring (bicyclic) bond motifs is 1. The van der Waals surface area contributed by atoms with E-state index in [0.29, 0.717) is 17.7 Å². The highest BCUT2D eigenvalue weighted by Gasteiger charge is 2.20. The number of phenols is 1. The molecule has 0 saturated carbocycles. The van der Waals surface area contributed by atoms with Gasteiger partial charge in [0.25, 0.3) is 0 Å². The normalized spacial score (nSPS) is 15.3. The zero-order valence-corrected chi connectivity index (χ0v) is 18.2. The smallest absolute Gasteiger partial charge is 0.336 e. The van der Waals surface area contributed by atoms with Crippen LogP contribution in [0.25, 0.3) is 11.0 Å². The Bertz CT molecular complexity index is 1130. The Morgan fingerprint density at radius 3 is 2.26 bits per heavy atom. The Kier molecular flexibility index (Phi) is 6.15. The molecule has 1 fully saturated rings. The first-order chi connectivity index (χ1) is 15.0. The van der Waals surface area contributed by atoms with Crippen molar-refractivity contribution in [2.45, 2.75) is 20.0 Å². The summed E-state index contributed by atoms with van der Waals surface area (Å²) in [6, 6.07) is 10.9. The fraction of sp³-hybridized carbons (Fsp3) is 0.375. The number of methoxy groups -OCH3 is 2. The van der Waals surface area contributed by atoms with Crippen LogP contribution in [0.15, 0.2) is 45.6 Å². The minimum absolute atomic E-state index is 0.134. The van der Waals surface area contributed by atoms with Crippen molar-refractivity contribution in [2.75, 3.05) is 40.4 Å². The Morgan fingerprint density at radius 1 is 0.935 bits per heavy atom. The average Bonchev–Trinajstić information content (AvgIpc) is 2.78.